The van der Waals surface area contributed by atoms with E-state index in [0.29, 0.717) is 50.9 Å². The third kappa shape index (κ3) is 8.03. The molecule has 218 valence electrons. The van der Waals surface area contributed by atoms with Crippen molar-refractivity contribution in [2.24, 2.45) is 5.10 Å². The predicted octanol–water partition coefficient (Wildman–Crippen LogP) is 2.88. The molecule has 0 saturated heterocycles. The number of benzene rings is 2. The van der Waals surface area contributed by atoms with Crippen LogP contribution >= 0.6 is 15.9 Å². The lowest BCUT2D eigenvalue weighted by atomic mass is 9.95. The molecule has 2 amide bonds. The summed E-state index contributed by atoms with van der Waals surface area (Å²) >= 11 is 3.42. The predicted molar refractivity (Wildman–Crippen MR) is 151 cm³/mol. The highest BCUT2D eigenvalue weighted by Gasteiger charge is 2.32. The highest BCUT2D eigenvalue weighted by atomic mass is 79.9. The van der Waals surface area contributed by atoms with E-state index >= 15 is 0 Å². The Hall–Kier alpha value is -4.48. The third-order valence-corrected chi connectivity index (χ3v) is 6.36. The van der Waals surface area contributed by atoms with E-state index in [2.05, 4.69) is 37.1 Å². The number of halogens is 1. The Labute approximate surface area is 245 Å². The van der Waals surface area contributed by atoms with Gasteiger partial charge in [-0.1, -0.05) is 6.07 Å². The first-order valence-corrected chi connectivity index (χ1v) is 13.1. The van der Waals surface area contributed by atoms with Crippen molar-refractivity contribution in [3.63, 3.8) is 0 Å². The molecule has 13 nitrogen and oxygen atoms in total. The molecule has 41 heavy (non-hydrogen) atoms. The van der Waals surface area contributed by atoms with Gasteiger partial charge in [-0.2, -0.15) is 10.4 Å². The molecule has 3 rings (SSSR count). The van der Waals surface area contributed by atoms with Gasteiger partial charge in [-0.3, -0.25) is 5.43 Å². The van der Waals surface area contributed by atoms with Crippen molar-refractivity contribution in [3.8, 4) is 29.1 Å². The van der Waals surface area contributed by atoms with Gasteiger partial charge in [0.25, 0.3) is 0 Å². The lowest BCUT2D eigenvalue weighted by Gasteiger charge is -2.28. The van der Waals surface area contributed by atoms with Crippen LogP contribution in [0.3, 0.4) is 0 Å². The van der Waals surface area contributed by atoms with Crippen LogP contribution in [-0.4, -0.2) is 63.6 Å². The van der Waals surface area contributed by atoms with Crippen molar-refractivity contribution in [3.05, 3.63) is 57.2 Å². The number of aliphatic hydroxyl groups is 1. The molecule has 1 aliphatic rings. The van der Waals surface area contributed by atoms with E-state index in [-0.39, 0.29) is 18.8 Å². The summed E-state index contributed by atoms with van der Waals surface area (Å²) in [6, 6.07) is 8.93. The summed E-state index contributed by atoms with van der Waals surface area (Å²) in [7, 11) is 2.74. The SMILES string of the molecule is CCOc1cc([C@H]2NC(=O)NC(C)=C2C(=O)OC)ccc1OC[C@H](O)N/N=C\c1cc(OC)c(OCC#N)cc1Br. The molecule has 2 aromatic carbocycles. The van der Waals surface area contributed by atoms with Gasteiger partial charge in [-0.05, 0) is 59.6 Å². The standard InChI is InChI=1S/C27H30BrN5O8/c1-5-39-21-10-16(25-24(26(35)38-4)15(2)31-27(36)32-25)6-7-19(21)41-14-23(34)33-30-13-17-11-20(37-3)22(12-18(17)28)40-9-8-29/h6-7,10-13,23,25,33-34H,5,9,14H2,1-4H3,(H2,31,32,36)/b30-13-/t23-,25+/m0/s1. The van der Waals surface area contributed by atoms with Crippen molar-refractivity contribution < 1.29 is 38.4 Å². The maximum atomic E-state index is 12.4. The minimum atomic E-state index is -1.18. The van der Waals surface area contributed by atoms with E-state index < -0.39 is 24.3 Å². The Kier molecular flexibility index (Phi) is 11.2. The summed E-state index contributed by atoms with van der Waals surface area (Å²) in [5.74, 6) is 0.910. The molecule has 4 N–H and O–H groups in total. The van der Waals surface area contributed by atoms with Crippen LogP contribution in [0.2, 0.25) is 0 Å². The molecular formula is C27H30BrN5O8. The van der Waals surface area contributed by atoms with Crippen LogP contribution in [0.15, 0.2) is 51.2 Å². The number of nitrogens with one attached hydrogen (secondary N) is 3. The Morgan fingerprint density at radius 3 is 2.63 bits per heavy atom. The van der Waals surface area contributed by atoms with E-state index in [1.807, 2.05) is 6.07 Å². The first kappa shape index (κ1) is 31.1. The normalized spacial score (nSPS) is 15.3. The van der Waals surface area contributed by atoms with Gasteiger partial charge >= 0.3 is 12.0 Å². The number of ether oxygens (including phenoxy) is 5. The Balaban J connectivity index is 1.69. The molecule has 0 aromatic heterocycles. The number of allylic oxidation sites excluding steroid dienone is 1. The van der Waals surface area contributed by atoms with Crippen LogP contribution in [0.1, 0.15) is 31.0 Å². The van der Waals surface area contributed by atoms with Gasteiger partial charge in [0, 0.05) is 15.7 Å². The lowest BCUT2D eigenvalue weighted by Crippen LogP contribution is -2.45. The summed E-state index contributed by atoms with van der Waals surface area (Å²) in [4.78, 5) is 24.5. The number of methoxy groups -OCH3 is 2. The average Bonchev–Trinajstić information content (AvgIpc) is 2.95. The Morgan fingerprint density at radius 1 is 1.20 bits per heavy atom. The number of carbonyl (C=O) groups is 2. The first-order valence-electron chi connectivity index (χ1n) is 12.3. The van der Waals surface area contributed by atoms with E-state index in [0.717, 1.165) is 0 Å². The molecule has 2 atom stereocenters. The maximum Gasteiger partial charge on any atom is 0.337 e. The number of rotatable bonds is 13. The summed E-state index contributed by atoms with van der Waals surface area (Å²) in [6.45, 7) is 3.43. The molecule has 14 heteroatoms. The van der Waals surface area contributed by atoms with Crippen molar-refractivity contribution in [1.29, 1.82) is 5.26 Å². The minimum Gasteiger partial charge on any atom is -0.493 e. The molecule has 0 saturated carbocycles. The summed E-state index contributed by atoms with van der Waals surface area (Å²) < 4.78 is 27.7. The molecule has 2 aromatic rings. The number of urea groups is 1. The number of carbonyl (C=O) groups excluding carboxylic acids is 2. The van der Waals surface area contributed by atoms with Gasteiger partial charge in [-0.15, -0.1) is 0 Å². The fourth-order valence-corrected chi connectivity index (χ4v) is 4.27. The summed E-state index contributed by atoms with van der Waals surface area (Å²) in [5, 5.41) is 28.5. The molecule has 0 unspecified atom stereocenters. The summed E-state index contributed by atoms with van der Waals surface area (Å²) in [5.41, 5.74) is 4.42. The van der Waals surface area contributed by atoms with Crippen LogP contribution in [0.25, 0.3) is 0 Å². The quantitative estimate of drug-likeness (QED) is 0.111. The van der Waals surface area contributed by atoms with E-state index in [4.69, 9.17) is 28.9 Å². The van der Waals surface area contributed by atoms with Crippen LogP contribution < -0.4 is 35.0 Å². The molecule has 1 aliphatic heterocycles. The van der Waals surface area contributed by atoms with Crippen LogP contribution in [0.5, 0.6) is 23.0 Å². The number of aliphatic hydroxyl groups excluding tert-OH is 1. The van der Waals surface area contributed by atoms with Gasteiger partial charge in [0.1, 0.15) is 12.7 Å². The number of amides is 2. The Bertz CT molecular complexity index is 1370. The average molecular weight is 632 g/mol. The largest absolute Gasteiger partial charge is 0.493 e. The molecule has 0 bridgehead atoms. The molecule has 0 fully saturated rings. The highest BCUT2D eigenvalue weighted by molar-refractivity contribution is 9.10. The van der Waals surface area contributed by atoms with Gasteiger partial charge in [0.05, 0.1) is 38.7 Å². The number of hydrazone groups is 1. The van der Waals surface area contributed by atoms with Crippen LogP contribution in [-0.2, 0) is 9.53 Å². The molecule has 0 aliphatic carbocycles. The molecular weight excluding hydrogens is 602 g/mol. The number of hydrogen-bond acceptors (Lipinski definition) is 11. The van der Waals surface area contributed by atoms with E-state index in [9.17, 15) is 14.7 Å². The topological polar surface area (TPSA) is 173 Å². The third-order valence-electron chi connectivity index (χ3n) is 5.67. The maximum absolute atomic E-state index is 12.4. The van der Waals surface area contributed by atoms with Gasteiger partial charge < -0.3 is 39.4 Å². The number of nitrogens with zero attached hydrogens (tertiary/aromatic N) is 2. The van der Waals surface area contributed by atoms with Crippen LogP contribution in [0.4, 0.5) is 4.79 Å². The highest BCUT2D eigenvalue weighted by Crippen LogP contribution is 2.35. The van der Waals surface area contributed by atoms with E-state index in [1.165, 1.54) is 20.4 Å². The second kappa shape index (κ2) is 14.8. The second-order valence-electron chi connectivity index (χ2n) is 8.39. The molecule has 1 heterocycles. The van der Waals surface area contributed by atoms with Gasteiger partial charge in [-0.25, -0.2) is 9.59 Å². The van der Waals surface area contributed by atoms with Gasteiger partial charge in [0.2, 0.25) is 0 Å². The van der Waals surface area contributed by atoms with Crippen LogP contribution in [0, 0.1) is 11.3 Å². The van der Waals surface area contributed by atoms with Crippen molar-refractivity contribution in [2.75, 3.05) is 34.0 Å². The fourth-order valence-electron chi connectivity index (χ4n) is 3.85. The van der Waals surface area contributed by atoms with Crippen molar-refractivity contribution >= 4 is 34.1 Å². The Morgan fingerprint density at radius 2 is 1.95 bits per heavy atom. The smallest absolute Gasteiger partial charge is 0.337 e. The second-order valence-corrected chi connectivity index (χ2v) is 9.24. The summed E-state index contributed by atoms with van der Waals surface area (Å²) in [6.07, 6.45) is 0.283. The number of hydrogen-bond donors (Lipinski definition) is 4. The zero-order valence-electron chi connectivity index (χ0n) is 22.8. The van der Waals surface area contributed by atoms with Crippen molar-refractivity contribution in [1.82, 2.24) is 16.1 Å². The lowest BCUT2D eigenvalue weighted by molar-refractivity contribution is -0.136. The minimum absolute atomic E-state index is 0.127. The van der Waals surface area contributed by atoms with Crippen molar-refractivity contribution in [2.45, 2.75) is 26.1 Å². The zero-order chi connectivity index (χ0) is 29.9. The van der Waals surface area contributed by atoms with E-state index in [1.54, 1.807) is 44.2 Å². The monoisotopic (exact) mass is 631 g/mol. The number of esters is 1. The molecule has 0 radical (unpaired) electrons. The zero-order valence-corrected chi connectivity index (χ0v) is 24.4. The van der Waals surface area contributed by atoms with Gasteiger partial charge in [0.15, 0.2) is 35.8 Å². The fraction of sp³-hybridized carbons (Fsp3) is 0.333. The molecule has 0 spiro atoms. The first-order chi connectivity index (χ1) is 19.7. The number of nitriles is 1.